The van der Waals surface area contributed by atoms with Gasteiger partial charge in [-0.1, -0.05) is 35.4 Å². The predicted octanol–water partition coefficient (Wildman–Crippen LogP) is 5.13. The maximum Gasteiger partial charge on any atom is 0.337 e. The van der Waals surface area contributed by atoms with Crippen LogP contribution in [0.3, 0.4) is 0 Å². The molecule has 1 aromatic heterocycles. The van der Waals surface area contributed by atoms with E-state index < -0.39 is 56.0 Å². The number of aromatic carboxylic acids is 1. The maximum absolute atomic E-state index is 13.6. The van der Waals surface area contributed by atoms with Gasteiger partial charge in [-0.2, -0.15) is 32.3 Å². The lowest BCUT2D eigenvalue weighted by Crippen LogP contribution is -2.06. The molecular weight excluding hydrogens is 632 g/mol. The minimum atomic E-state index is -4.90. The molecule has 0 aliphatic heterocycles. The van der Waals surface area contributed by atoms with Crippen LogP contribution in [0.2, 0.25) is 0 Å². The van der Waals surface area contributed by atoms with E-state index in [-0.39, 0.29) is 17.1 Å². The number of amidine groups is 1. The Hall–Kier alpha value is -5.12. The summed E-state index contributed by atoms with van der Waals surface area (Å²) in [6, 6.07) is 14.0. The fraction of sp³-hybridized carbons (Fsp3) is 0. The third kappa shape index (κ3) is 8.25. The smallest absolute Gasteiger partial charge is 0.337 e. The fourth-order valence-electron chi connectivity index (χ4n) is 3.36. The van der Waals surface area contributed by atoms with E-state index in [1.807, 2.05) is 0 Å². The molecule has 4 rings (SSSR count). The van der Waals surface area contributed by atoms with Crippen molar-refractivity contribution >= 4 is 56.8 Å². The molecule has 20 heteroatoms. The summed E-state index contributed by atoms with van der Waals surface area (Å²) >= 11 is 0.553. The van der Waals surface area contributed by atoms with E-state index in [0.29, 0.717) is 28.6 Å². The van der Waals surface area contributed by atoms with Crippen LogP contribution in [0, 0.1) is 12.0 Å². The average Bonchev–Trinajstić information content (AvgIpc) is 2.97. The van der Waals surface area contributed by atoms with Crippen LogP contribution in [-0.2, 0) is 19.5 Å². The monoisotopic (exact) mass is 649 g/mol. The Bertz CT molecular complexity index is 1840. The summed E-state index contributed by atoms with van der Waals surface area (Å²) in [5.41, 5.74) is 1.54. The van der Waals surface area contributed by atoms with E-state index >= 15 is 0 Å². The summed E-state index contributed by atoms with van der Waals surface area (Å²) in [4.78, 5) is 17.4. The number of phenolic OH excluding ortho intramolecular Hbond substituents is 1. The number of nitrogens with one attached hydrogen (secondary N) is 2. The summed E-state index contributed by atoms with van der Waals surface area (Å²) in [5.74, 6) is -4.09. The Balaban J connectivity index is 1.77. The molecule has 0 saturated heterocycles. The van der Waals surface area contributed by atoms with Crippen LogP contribution in [0.25, 0.3) is 0 Å². The van der Waals surface area contributed by atoms with E-state index in [0.717, 1.165) is 12.1 Å². The summed E-state index contributed by atoms with van der Waals surface area (Å²) in [6.07, 6.45) is -1.46. The minimum absolute atomic E-state index is 0.0558. The van der Waals surface area contributed by atoms with Crippen molar-refractivity contribution in [3.05, 3.63) is 89.9 Å². The number of carboxylic acid groups (broad SMARTS) is 1. The highest BCUT2D eigenvalue weighted by Gasteiger charge is 2.19. The van der Waals surface area contributed by atoms with Gasteiger partial charge >= 0.3 is 12.0 Å². The molecule has 6 N–H and O–H groups in total. The van der Waals surface area contributed by atoms with Crippen molar-refractivity contribution < 1.29 is 51.4 Å². The van der Waals surface area contributed by atoms with Gasteiger partial charge in [0.15, 0.2) is 5.75 Å². The molecule has 4 aromatic rings. The van der Waals surface area contributed by atoms with Crippen molar-refractivity contribution in [1.82, 2.24) is 9.97 Å². The quantitative estimate of drug-likeness (QED) is 0.0118. The van der Waals surface area contributed by atoms with Crippen LogP contribution in [0.4, 0.5) is 31.7 Å². The molecule has 16 nitrogen and oxygen atoms in total. The number of aromatic nitrogens is 2. The van der Waals surface area contributed by atoms with Crippen molar-refractivity contribution in [3.8, 4) is 5.75 Å². The molecule has 0 aliphatic carbocycles. The van der Waals surface area contributed by atoms with Gasteiger partial charge in [0.2, 0.25) is 11.8 Å². The second-order valence-corrected chi connectivity index (χ2v) is 10.3. The van der Waals surface area contributed by atoms with Crippen LogP contribution >= 0.6 is 12.0 Å². The number of phenols is 1. The molecule has 0 unspecified atom stereocenters. The third-order valence-electron chi connectivity index (χ3n) is 5.24. The summed E-state index contributed by atoms with van der Waals surface area (Å²) < 4.78 is 64.9. The molecule has 0 amide bonds. The second-order valence-electron chi connectivity index (χ2n) is 8.14. The molecule has 228 valence electrons. The first kappa shape index (κ1) is 31.8. The Morgan fingerprint density at radius 3 is 2.41 bits per heavy atom. The van der Waals surface area contributed by atoms with Gasteiger partial charge in [0.25, 0.3) is 10.1 Å². The van der Waals surface area contributed by atoms with Crippen molar-refractivity contribution in [2.45, 2.75) is 9.79 Å². The molecular formula is C24H17F2N7O9S2. The molecule has 0 atom stereocenters. The SMILES string of the molecule is O=C(O)c1ccc(SOOO)cc1N/N=C(\N=Nc1cc(S(=O)(=O)O)cc(Nc2cc(F)nc(F)n2)c1O)c1ccccc1. The molecule has 0 radical (unpaired) electrons. The Labute approximate surface area is 249 Å². The highest BCUT2D eigenvalue weighted by molar-refractivity contribution is 7.94. The molecule has 0 aliphatic rings. The zero-order chi connectivity index (χ0) is 31.9. The number of nitrogens with zero attached hydrogens (tertiary/aromatic N) is 5. The van der Waals surface area contributed by atoms with Crippen molar-refractivity contribution in [2.24, 2.45) is 15.3 Å². The zero-order valence-corrected chi connectivity index (χ0v) is 23.1. The van der Waals surface area contributed by atoms with E-state index in [4.69, 9.17) is 5.26 Å². The second kappa shape index (κ2) is 13.9. The number of anilines is 3. The van der Waals surface area contributed by atoms with Gasteiger partial charge in [0.1, 0.15) is 11.5 Å². The average molecular weight is 650 g/mol. The highest BCUT2D eigenvalue weighted by Crippen LogP contribution is 2.39. The largest absolute Gasteiger partial charge is 0.504 e. The van der Waals surface area contributed by atoms with E-state index in [2.05, 4.69) is 45.4 Å². The number of rotatable bonds is 11. The Kier molecular flexibility index (Phi) is 10.0. The molecule has 0 fully saturated rings. The molecule has 0 saturated carbocycles. The highest BCUT2D eigenvalue weighted by atomic mass is 32.2. The van der Waals surface area contributed by atoms with Crippen LogP contribution in [0.1, 0.15) is 15.9 Å². The number of hydrazone groups is 1. The number of carbonyl (C=O) groups is 1. The number of carboxylic acids is 1. The maximum atomic E-state index is 13.6. The minimum Gasteiger partial charge on any atom is -0.504 e. The van der Waals surface area contributed by atoms with Crippen molar-refractivity contribution in [3.63, 3.8) is 0 Å². The third-order valence-corrected chi connectivity index (χ3v) is 6.65. The first-order chi connectivity index (χ1) is 20.9. The van der Waals surface area contributed by atoms with Gasteiger partial charge in [-0.15, -0.1) is 14.6 Å². The molecule has 44 heavy (non-hydrogen) atoms. The van der Waals surface area contributed by atoms with Crippen LogP contribution in [0.5, 0.6) is 5.75 Å². The number of azo groups is 1. The topological polar surface area (TPSA) is 238 Å². The van der Waals surface area contributed by atoms with Crippen molar-refractivity contribution in [1.29, 1.82) is 0 Å². The van der Waals surface area contributed by atoms with Gasteiger partial charge in [-0.05, 0) is 30.3 Å². The van der Waals surface area contributed by atoms with E-state index in [1.54, 1.807) is 30.3 Å². The van der Waals surface area contributed by atoms with Gasteiger partial charge in [-0.3, -0.25) is 9.98 Å². The standard InChI is InChI=1S/C24H17F2N7O9S2/c25-19-11-20(29-24(26)28-19)27-17-9-14(44(38,39)40)10-18(21(17)34)31-33-22(12-4-2-1-3-5-12)32-30-16-8-13(43-42-41-37)6-7-15(16)23(35)36/h1-11,30,34,37H,(H,35,36)(H,27,28,29)(H,38,39,40)/b32-22-,33-31?. The van der Waals surface area contributed by atoms with Gasteiger partial charge in [0.05, 0.1) is 33.9 Å². The summed E-state index contributed by atoms with van der Waals surface area (Å²) in [5, 5.41) is 46.5. The first-order valence-electron chi connectivity index (χ1n) is 11.6. The van der Waals surface area contributed by atoms with Crippen LogP contribution in [-0.4, -0.2) is 50.2 Å². The normalized spacial score (nSPS) is 12.0. The molecule has 0 spiro atoms. The Morgan fingerprint density at radius 1 is 1.00 bits per heavy atom. The van der Waals surface area contributed by atoms with E-state index in [9.17, 15) is 36.8 Å². The number of halogens is 2. The Morgan fingerprint density at radius 2 is 1.75 bits per heavy atom. The van der Waals surface area contributed by atoms with Crippen LogP contribution in [0.15, 0.2) is 91.9 Å². The van der Waals surface area contributed by atoms with E-state index in [1.165, 1.54) is 18.2 Å². The molecule has 0 bridgehead atoms. The lowest BCUT2D eigenvalue weighted by molar-refractivity contribution is -0.432. The first-order valence-corrected chi connectivity index (χ1v) is 13.8. The lowest BCUT2D eigenvalue weighted by atomic mass is 10.2. The predicted molar refractivity (Wildman–Crippen MR) is 148 cm³/mol. The van der Waals surface area contributed by atoms with Gasteiger partial charge < -0.3 is 15.5 Å². The number of benzene rings is 3. The molecule has 1 heterocycles. The summed E-state index contributed by atoms with van der Waals surface area (Å²) in [6.45, 7) is 0. The summed E-state index contributed by atoms with van der Waals surface area (Å²) in [7, 11) is -4.90. The number of hydrogen-bond acceptors (Lipinski definition) is 14. The zero-order valence-electron chi connectivity index (χ0n) is 21.5. The van der Waals surface area contributed by atoms with Gasteiger partial charge in [-0.25, -0.2) is 10.1 Å². The van der Waals surface area contributed by atoms with Gasteiger partial charge in [0, 0.05) is 16.5 Å². The lowest BCUT2D eigenvalue weighted by Gasteiger charge is -2.11. The fourth-order valence-corrected chi connectivity index (χ4v) is 4.29. The molecule has 3 aromatic carbocycles. The number of hydrogen-bond donors (Lipinski definition) is 6. The number of aromatic hydroxyl groups is 1. The van der Waals surface area contributed by atoms with Crippen molar-refractivity contribution in [2.75, 3.05) is 10.7 Å². The van der Waals surface area contributed by atoms with Crippen LogP contribution < -0.4 is 10.7 Å².